The summed E-state index contributed by atoms with van der Waals surface area (Å²) in [4.78, 5) is 12.6. The Morgan fingerprint density at radius 1 is 1.50 bits per heavy atom. The van der Waals surface area contributed by atoms with Gasteiger partial charge in [-0.15, -0.1) is 11.3 Å². The molecule has 0 radical (unpaired) electrons. The molecule has 1 aromatic rings. The van der Waals surface area contributed by atoms with Gasteiger partial charge in [-0.3, -0.25) is 4.79 Å². The van der Waals surface area contributed by atoms with Crippen LogP contribution in [-0.2, 0) is 11.3 Å². The summed E-state index contributed by atoms with van der Waals surface area (Å²) in [5, 5.41) is 16.6. The van der Waals surface area contributed by atoms with E-state index in [1.807, 2.05) is 32.2 Å². The van der Waals surface area contributed by atoms with Gasteiger partial charge in [0.25, 0.3) is 0 Å². The summed E-state index contributed by atoms with van der Waals surface area (Å²) in [5.41, 5.74) is 0.522. The molecule has 18 heavy (non-hydrogen) atoms. The van der Waals surface area contributed by atoms with Crippen LogP contribution in [0.4, 0.5) is 0 Å². The van der Waals surface area contributed by atoms with Gasteiger partial charge in [-0.25, -0.2) is 0 Å². The van der Waals surface area contributed by atoms with Crippen molar-refractivity contribution in [1.29, 1.82) is 5.26 Å². The standard InChI is InChI=1S/C13H19N3OS/c1-13(2,3)16-12(17)4-5-15-8-11-6-10(7-14)9-18-11/h6,9,15H,4-5,8H2,1-3H3,(H,16,17). The Kier molecular flexibility index (Phi) is 5.32. The lowest BCUT2D eigenvalue weighted by atomic mass is 10.1. The van der Waals surface area contributed by atoms with Crippen LogP contribution in [0.2, 0.25) is 0 Å². The van der Waals surface area contributed by atoms with Crippen molar-refractivity contribution < 1.29 is 4.79 Å². The third kappa shape index (κ3) is 5.80. The van der Waals surface area contributed by atoms with Gasteiger partial charge in [0.1, 0.15) is 6.07 Å². The highest BCUT2D eigenvalue weighted by Gasteiger charge is 2.12. The summed E-state index contributed by atoms with van der Waals surface area (Å²) < 4.78 is 0. The van der Waals surface area contributed by atoms with Crippen LogP contribution in [0.25, 0.3) is 0 Å². The Bertz CT molecular complexity index is 440. The van der Waals surface area contributed by atoms with Crippen molar-refractivity contribution in [1.82, 2.24) is 10.6 Å². The molecule has 1 rings (SSSR count). The maximum atomic E-state index is 11.5. The van der Waals surface area contributed by atoms with Crippen molar-refractivity contribution in [2.45, 2.75) is 39.3 Å². The lowest BCUT2D eigenvalue weighted by Crippen LogP contribution is -2.41. The molecule has 2 N–H and O–H groups in total. The number of hydrogen-bond donors (Lipinski definition) is 2. The van der Waals surface area contributed by atoms with Gasteiger partial charge in [-0.2, -0.15) is 5.26 Å². The predicted molar refractivity (Wildman–Crippen MR) is 73.3 cm³/mol. The number of thiophene rings is 1. The average molecular weight is 265 g/mol. The monoisotopic (exact) mass is 265 g/mol. The van der Waals surface area contributed by atoms with Gasteiger partial charge in [0.2, 0.25) is 5.91 Å². The molecule has 1 heterocycles. The Hall–Kier alpha value is -1.38. The third-order valence-electron chi connectivity index (χ3n) is 2.13. The topological polar surface area (TPSA) is 64.9 Å². The van der Waals surface area contributed by atoms with Gasteiger partial charge in [0.15, 0.2) is 0 Å². The highest BCUT2D eigenvalue weighted by Crippen LogP contribution is 2.13. The third-order valence-corrected chi connectivity index (χ3v) is 3.06. The smallest absolute Gasteiger partial charge is 0.221 e. The zero-order valence-electron chi connectivity index (χ0n) is 11.0. The fourth-order valence-corrected chi connectivity index (χ4v) is 2.21. The molecule has 0 fully saturated rings. The van der Waals surface area contributed by atoms with Gasteiger partial charge in [0, 0.05) is 35.3 Å². The molecule has 1 aromatic heterocycles. The van der Waals surface area contributed by atoms with Crippen LogP contribution in [0.15, 0.2) is 11.4 Å². The molecule has 0 aliphatic heterocycles. The second kappa shape index (κ2) is 6.53. The summed E-state index contributed by atoms with van der Waals surface area (Å²) in [6.45, 7) is 7.24. The largest absolute Gasteiger partial charge is 0.351 e. The van der Waals surface area contributed by atoms with E-state index in [0.29, 0.717) is 25.1 Å². The average Bonchev–Trinajstić information content (AvgIpc) is 2.70. The summed E-state index contributed by atoms with van der Waals surface area (Å²) >= 11 is 1.56. The van der Waals surface area contributed by atoms with E-state index in [1.54, 1.807) is 11.3 Å². The second-order valence-corrected chi connectivity index (χ2v) is 6.13. The van der Waals surface area contributed by atoms with Crippen LogP contribution in [0.5, 0.6) is 0 Å². The molecular weight excluding hydrogens is 246 g/mol. The van der Waals surface area contributed by atoms with Gasteiger partial charge in [0.05, 0.1) is 5.56 Å². The summed E-state index contributed by atoms with van der Waals surface area (Å²) in [6, 6.07) is 3.97. The van der Waals surface area contributed by atoms with E-state index in [-0.39, 0.29) is 11.4 Å². The van der Waals surface area contributed by atoms with Crippen molar-refractivity contribution in [3.8, 4) is 6.07 Å². The predicted octanol–water partition coefficient (Wildman–Crippen LogP) is 2.01. The zero-order chi connectivity index (χ0) is 13.6. The molecule has 0 aromatic carbocycles. The molecule has 0 aliphatic rings. The van der Waals surface area contributed by atoms with E-state index in [2.05, 4.69) is 16.7 Å². The number of carbonyl (C=O) groups excluding carboxylic acids is 1. The fraction of sp³-hybridized carbons (Fsp3) is 0.538. The van der Waals surface area contributed by atoms with E-state index < -0.39 is 0 Å². The molecule has 0 spiro atoms. The van der Waals surface area contributed by atoms with Crippen molar-refractivity contribution in [2.24, 2.45) is 0 Å². The summed E-state index contributed by atoms with van der Waals surface area (Å²) in [7, 11) is 0. The van der Waals surface area contributed by atoms with Crippen LogP contribution in [0.3, 0.4) is 0 Å². The molecule has 0 unspecified atom stereocenters. The Balaban J connectivity index is 2.19. The Labute approximate surface area is 112 Å². The minimum absolute atomic E-state index is 0.0545. The van der Waals surface area contributed by atoms with Crippen molar-refractivity contribution in [3.63, 3.8) is 0 Å². The lowest BCUT2D eigenvalue weighted by Gasteiger charge is -2.20. The number of nitrogens with zero attached hydrogens (tertiary/aromatic N) is 1. The van der Waals surface area contributed by atoms with Gasteiger partial charge in [-0.05, 0) is 26.8 Å². The van der Waals surface area contributed by atoms with Crippen molar-refractivity contribution in [3.05, 3.63) is 21.9 Å². The van der Waals surface area contributed by atoms with Crippen LogP contribution >= 0.6 is 11.3 Å². The highest BCUT2D eigenvalue weighted by atomic mass is 32.1. The van der Waals surface area contributed by atoms with E-state index >= 15 is 0 Å². The molecule has 4 nitrogen and oxygen atoms in total. The first-order valence-electron chi connectivity index (χ1n) is 5.90. The molecule has 0 saturated carbocycles. The molecule has 5 heteroatoms. The van der Waals surface area contributed by atoms with Crippen LogP contribution in [0, 0.1) is 11.3 Å². The first-order valence-corrected chi connectivity index (χ1v) is 6.78. The van der Waals surface area contributed by atoms with Crippen LogP contribution in [0.1, 0.15) is 37.6 Å². The first-order chi connectivity index (χ1) is 8.40. The normalized spacial score (nSPS) is 11.0. The van der Waals surface area contributed by atoms with Crippen molar-refractivity contribution >= 4 is 17.2 Å². The number of rotatable bonds is 5. The molecule has 1 amide bonds. The molecule has 98 valence electrons. The van der Waals surface area contributed by atoms with Gasteiger partial charge >= 0.3 is 0 Å². The minimum Gasteiger partial charge on any atom is -0.351 e. The summed E-state index contributed by atoms with van der Waals surface area (Å²) in [5.74, 6) is 0.0545. The number of nitrogens with one attached hydrogen (secondary N) is 2. The minimum atomic E-state index is -0.174. The first kappa shape index (κ1) is 14.7. The molecular formula is C13H19N3OS. The number of hydrogen-bond acceptors (Lipinski definition) is 4. The summed E-state index contributed by atoms with van der Waals surface area (Å²) in [6.07, 6.45) is 0.466. The molecule has 0 aliphatic carbocycles. The van der Waals surface area contributed by atoms with E-state index in [0.717, 1.165) is 4.88 Å². The fourth-order valence-electron chi connectivity index (χ4n) is 1.43. The number of carbonyl (C=O) groups is 1. The van der Waals surface area contributed by atoms with E-state index in [4.69, 9.17) is 5.26 Å². The maximum absolute atomic E-state index is 11.5. The van der Waals surface area contributed by atoms with Crippen molar-refractivity contribution in [2.75, 3.05) is 6.54 Å². The molecule has 0 atom stereocenters. The van der Waals surface area contributed by atoms with E-state index in [1.165, 1.54) is 0 Å². The lowest BCUT2D eigenvalue weighted by molar-refractivity contribution is -0.122. The molecule has 0 saturated heterocycles. The van der Waals surface area contributed by atoms with Crippen LogP contribution < -0.4 is 10.6 Å². The number of nitriles is 1. The zero-order valence-corrected chi connectivity index (χ0v) is 11.9. The second-order valence-electron chi connectivity index (χ2n) is 5.14. The van der Waals surface area contributed by atoms with E-state index in [9.17, 15) is 4.79 Å². The molecule has 0 bridgehead atoms. The SMILES string of the molecule is CC(C)(C)NC(=O)CCNCc1cc(C#N)cs1. The quantitative estimate of drug-likeness (QED) is 0.800. The maximum Gasteiger partial charge on any atom is 0.221 e. The Morgan fingerprint density at radius 3 is 2.78 bits per heavy atom. The highest BCUT2D eigenvalue weighted by molar-refractivity contribution is 7.10. The number of amides is 1. The van der Waals surface area contributed by atoms with Crippen LogP contribution in [-0.4, -0.2) is 18.0 Å². The van der Waals surface area contributed by atoms with Gasteiger partial charge < -0.3 is 10.6 Å². The van der Waals surface area contributed by atoms with Gasteiger partial charge in [-0.1, -0.05) is 0 Å². The Morgan fingerprint density at radius 2 is 2.22 bits per heavy atom.